The first-order valence-corrected chi connectivity index (χ1v) is 5.92. The van der Waals surface area contributed by atoms with Crippen LogP contribution < -0.4 is 15.2 Å². The Morgan fingerprint density at radius 1 is 1.16 bits per heavy atom. The average molecular weight is 275 g/mol. The summed E-state index contributed by atoms with van der Waals surface area (Å²) in [6, 6.07) is 2.39. The lowest BCUT2D eigenvalue weighted by Gasteiger charge is -2.22. The molecule has 0 saturated heterocycles. The third kappa shape index (κ3) is 2.36. The van der Waals surface area contributed by atoms with Crippen LogP contribution in [-0.4, -0.2) is 20.8 Å². The predicted molar refractivity (Wildman–Crippen MR) is 64.5 cm³/mol. The SMILES string of the molecule is COc1cc(C(F)(F)F)c(C2(CN)CC2)cc1OC. The van der Waals surface area contributed by atoms with Crippen LogP contribution in [0.15, 0.2) is 12.1 Å². The van der Waals surface area contributed by atoms with Gasteiger partial charge in [-0.3, -0.25) is 0 Å². The van der Waals surface area contributed by atoms with Crippen LogP contribution in [0.3, 0.4) is 0 Å². The van der Waals surface area contributed by atoms with Crippen LogP contribution in [0, 0.1) is 0 Å². The van der Waals surface area contributed by atoms with E-state index in [0.29, 0.717) is 18.6 Å². The Balaban J connectivity index is 2.63. The quantitative estimate of drug-likeness (QED) is 0.919. The molecule has 19 heavy (non-hydrogen) atoms. The zero-order valence-electron chi connectivity index (χ0n) is 10.8. The molecule has 0 heterocycles. The number of halogens is 3. The second-order valence-electron chi connectivity index (χ2n) is 4.73. The first kappa shape index (κ1) is 14.0. The van der Waals surface area contributed by atoms with Gasteiger partial charge in [-0.05, 0) is 30.5 Å². The Labute approximate surface area is 109 Å². The van der Waals surface area contributed by atoms with Crippen LogP contribution in [0.2, 0.25) is 0 Å². The monoisotopic (exact) mass is 275 g/mol. The lowest BCUT2D eigenvalue weighted by Crippen LogP contribution is -2.24. The molecule has 1 aliphatic carbocycles. The van der Waals surface area contributed by atoms with Gasteiger partial charge in [0.1, 0.15) is 0 Å². The van der Waals surface area contributed by atoms with Crippen LogP contribution in [-0.2, 0) is 11.6 Å². The van der Waals surface area contributed by atoms with Crippen LogP contribution in [0.4, 0.5) is 13.2 Å². The zero-order chi connectivity index (χ0) is 14.3. The molecule has 0 aromatic heterocycles. The highest BCUT2D eigenvalue weighted by Crippen LogP contribution is 2.53. The number of ether oxygens (including phenoxy) is 2. The van der Waals surface area contributed by atoms with Gasteiger partial charge in [0.05, 0.1) is 19.8 Å². The van der Waals surface area contributed by atoms with E-state index in [0.717, 1.165) is 6.07 Å². The molecule has 3 nitrogen and oxygen atoms in total. The van der Waals surface area contributed by atoms with Crippen LogP contribution >= 0.6 is 0 Å². The Hall–Kier alpha value is -1.43. The maximum Gasteiger partial charge on any atom is 0.416 e. The summed E-state index contributed by atoms with van der Waals surface area (Å²) in [5.74, 6) is 0.372. The van der Waals surface area contributed by atoms with Gasteiger partial charge >= 0.3 is 6.18 Å². The van der Waals surface area contributed by atoms with Crippen LogP contribution in [0.5, 0.6) is 11.5 Å². The molecule has 1 aliphatic rings. The topological polar surface area (TPSA) is 44.5 Å². The smallest absolute Gasteiger partial charge is 0.416 e. The van der Waals surface area contributed by atoms with Gasteiger partial charge in [0.25, 0.3) is 0 Å². The molecule has 1 aromatic rings. The summed E-state index contributed by atoms with van der Waals surface area (Å²) in [6.45, 7) is 0.200. The third-order valence-corrected chi connectivity index (χ3v) is 3.64. The van der Waals surface area contributed by atoms with E-state index in [2.05, 4.69) is 0 Å². The minimum absolute atomic E-state index is 0.0754. The van der Waals surface area contributed by atoms with Crippen molar-refractivity contribution < 1.29 is 22.6 Å². The van der Waals surface area contributed by atoms with Crippen LogP contribution in [0.25, 0.3) is 0 Å². The fourth-order valence-electron chi connectivity index (χ4n) is 2.29. The Morgan fingerprint density at radius 2 is 1.68 bits per heavy atom. The second kappa shape index (κ2) is 4.59. The average Bonchev–Trinajstić information content (AvgIpc) is 3.17. The van der Waals surface area contributed by atoms with Gasteiger partial charge in [0, 0.05) is 12.0 Å². The van der Waals surface area contributed by atoms with Crippen LogP contribution in [0.1, 0.15) is 24.0 Å². The van der Waals surface area contributed by atoms with E-state index in [1.807, 2.05) is 0 Å². The molecule has 6 heteroatoms. The number of hydrogen-bond donors (Lipinski definition) is 1. The number of methoxy groups -OCH3 is 2. The maximum absolute atomic E-state index is 13.2. The van der Waals surface area contributed by atoms with Gasteiger partial charge in [-0.25, -0.2) is 0 Å². The summed E-state index contributed by atoms with van der Waals surface area (Å²) in [4.78, 5) is 0. The summed E-state index contributed by atoms with van der Waals surface area (Å²) in [5, 5.41) is 0. The minimum Gasteiger partial charge on any atom is -0.493 e. The number of hydrogen-bond acceptors (Lipinski definition) is 3. The second-order valence-corrected chi connectivity index (χ2v) is 4.73. The summed E-state index contributed by atoms with van der Waals surface area (Å²) in [6.07, 6.45) is -3.09. The van der Waals surface area contributed by atoms with Gasteiger partial charge in [-0.1, -0.05) is 0 Å². The molecule has 2 N–H and O–H groups in total. The molecular formula is C13H16F3NO2. The van der Waals surface area contributed by atoms with E-state index < -0.39 is 17.2 Å². The number of rotatable bonds is 4. The Bertz CT molecular complexity index is 482. The highest BCUT2D eigenvalue weighted by atomic mass is 19.4. The van der Waals surface area contributed by atoms with E-state index in [-0.39, 0.29) is 17.9 Å². The van der Waals surface area contributed by atoms with Crippen molar-refractivity contribution in [2.24, 2.45) is 5.73 Å². The number of nitrogens with two attached hydrogens (primary N) is 1. The molecule has 0 radical (unpaired) electrons. The third-order valence-electron chi connectivity index (χ3n) is 3.64. The standard InChI is InChI=1S/C13H16F3NO2/c1-18-10-5-8(12(7-17)3-4-12)9(13(14,15)16)6-11(10)19-2/h5-6H,3-4,7,17H2,1-2H3. The number of benzene rings is 1. The highest BCUT2D eigenvalue weighted by Gasteiger charge is 2.49. The highest BCUT2D eigenvalue weighted by molar-refractivity contribution is 5.52. The van der Waals surface area contributed by atoms with E-state index in [1.54, 1.807) is 0 Å². The van der Waals surface area contributed by atoms with Crippen molar-refractivity contribution in [3.8, 4) is 11.5 Å². The van der Waals surface area contributed by atoms with Gasteiger partial charge in [0.2, 0.25) is 0 Å². The largest absolute Gasteiger partial charge is 0.493 e. The van der Waals surface area contributed by atoms with Crippen molar-refractivity contribution in [2.75, 3.05) is 20.8 Å². The molecule has 0 unspecified atom stereocenters. The first-order valence-electron chi connectivity index (χ1n) is 5.92. The van der Waals surface area contributed by atoms with Crippen molar-refractivity contribution in [1.82, 2.24) is 0 Å². The van der Waals surface area contributed by atoms with Crippen molar-refractivity contribution in [1.29, 1.82) is 0 Å². The molecule has 1 fully saturated rings. The normalized spacial score (nSPS) is 17.2. The lowest BCUT2D eigenvalue weighted by atomic mass is 9.90. The Kier molecular flexibility index (Phi) is 3.38. The van der Waals surface area contributed by atoms with Crippen molar-refractivity contribution in [3.63, 3.8) is 0 Å². The summed E-state index contributed by atoms with van der Waals surface area (Å²) < 4.78 is 49.5. The fraction of sp³-hybridized carbons (Fsp3) is 0.538. The van der Waals surface area contributed by atoms with E-state index >= 15 is 0 Å². The zero-order valence-corrected chi connectivity index (χ0v) is 10.8. The molecule has 0 amide bonds. The van der Waals surface area contributed by atoms with Crippen molar-refractivity contribution >= 4 is 0 Å². The molecule has 0 bridgehead atoms. The molecule has 0 aliphatic heterocycles. The predicted octanol–water partition coefficient (Wildman–Crippen LogP) is 2.71. The number of alkyl halides is 3. The van der Waals surface area contributed by atoms with E-state index in [9.17, 15) is 13.2 Å². The molecule has 106 valence electrons. The molecule has 0 spiro atoms. The fourth-order valence-corrected chi connectivity index (χ4v) is 2.29. The van der Waals surface area contributed by atoms with Gasteiger partial charge < -0.3 is 15.2 Å². The van der Waals surface area contributed by atoms with Gasteiger partial charge in [0.15, 0.2) is 11.5 Å². The molecule has 2 rings (SSSR count). The van der Waals surface area contributed by atoms with Gasteiger partial charge in [-0.15, -0.1) is 0 Å². The summed E-state index contributed by atoms with van der Waals surface area (Å²) >= 11 is 0. The lowest BCUT2D eigenvalue weighted by molar-refractivity contribution is -0.138. The Morgan fingerprint density at radius 3 is 2.05 bits per heavy atom. The van der Waals surface area contributed by atoms with E-state index in [1.165, 1.54) is 20.3 Å². The van der Waals surface area contributed by atoms with E-state index in [4.69, 9.17) is 15.2 Å². The van der Waals surface area contributed by atoms with Crippen molar-refractivity contribution in [3.05, 3.63) is 23.3 Å². The minimum atomic E-state index is -4.43. The molecule has 1 aromatic carbocycles. The summed E-state index contributed by atoms with van der Waals surface area (Å²) in [7, 11) is 2.71. The molecular weight excluding hydrogens is 259 g/mol. The summed E-state index contributed by atoms with van der Waals surface area (Å²) in [5.41, 5.74) is 4.59. The molecule has 0 atom stereocenters. The first-order chi connectivity index (χ1) is 8.88. The maximum atomic E-state index is 13.2. The van der Waals surface area contributed by atoms with Gasteiger partial charge in [-0.2, -0.15) is 13.2 Å². The molecule has 1 saturated carbocycles. The van der Waals surface area contributed by atoms with Crippen molar-refractivity contribution in [2.45, 2.75) is 24.4 Å².